The second-order valence-corrected chi connectivity index (χ2v) is 7.31. The molecular formula is C21H22N4O3. The van der Waals surface area contributed by atoms with Crippen molar-refractivity contribution in [3.63, 3.8) is 0 Å². The maximum absolute atomic E-state index is 12.6. The first-order valence-corrected chi connectivity index (χ1v) is 9.51. The van der Waals surface area contributed by atoms with Crippen LogP contribution in [0, 0.1) is 16.0 Å². The van der Waals surface area contributed by atoms with Gasteiger partial charge in [0.25, 0.3) is 5.69 Å². The lowest BCUT2D eigenvalue weighted by atomic mass is 9.96. The molecule has 0 N–H and O–H groups in total. The van der Waals surface area contributed by atoms with Crippen molar-refractivity contribution >= 4 is 22.6 Å². The van der Waals surface area contributed by atoms with Crippen molar-refractivity contribution in [3.8, 4) is 0 Å². The molecule has 1 saturated heterocycles. The minimum atomic E-state index is -0.431. The molecule has 0 saturated carbocycles. The summed E-state index contributed by atoms with van der Waals surface area (Å²) in [6.07, 6.45) is 4.13. The van der Waals surface area contributed by atoms with E-state index >= 15 is 0 Å². The van der Waals surface area contributed by atoms with Gasteiger partial charge in [-0.15, -0.1) is 0 Å². The van der Waals surface area contributed by atoms with Crippen molar-refractivity contribution in [2.45, 2.75) is 25.8 Å². The summed E-state index contributed by atoms with van der Waals surface area (Å²) in [6.45, 7) is 2.43. The van der Waals surface area contributed by atoms with Gasteiger partial charge in [-0.3, -0.25) is 14.9 Å². The van der Waals surface area contributed by atoms with Crippen molar-refractivity contribution in [2.24, 2.45) is 5.92 Å². The third kappa shape index (κ3) is 3.88. The Balaban J connectivity index is 1.31. The number of nitro benzene ring substituents is 1. The molecule has 0 atom stereocenters. The second kappa shape index (κ2) is 7.80. The number of carbonyl (C=O) groups is 1. The lowest BCUT2D eigenvalue weighted by molar-refractivity contribution is -0.384. The fourth-order valence-corrected chi connectivity index (χ4v) is 3.82. The van der Waals surface area contributed by atoms with Crippen molar-refractivity contribution in [3.05, 3.63) is 70.5 Å². The fraction of sp³-hybridized carbons (Fsp3) is 0.333. The quantitative estimate of drug-likeness (QED) is 0.503. The number of nitrogens with zero attached hydrogens (tertiary/aromatic N) is 4. The van der Waals surface area contributed by atoms with Crippen LogP contribution in [0.1, 0.15) is 18.4 Å². The van der Waals surface area contributed by atoms with E-state index in [-0.39, 0.29) is 18.0 Å². The highest BCUT2D eigenvalue weighted by Gasteiger charge is 2.23. The number of hydrogen-bond acceptors (Lipinski definition) is 4. The first-order valence-electron chi connectivity index (χ1n) is 9.51. The number of piperidine rings is 1. The van der Waals surface area contributed by atoms with Gasteiger partial charge in [0.15, 0.2) is 0 Å². The fourth-order valence-electron chi connectivity index (χ4n) is 3.82. The monoisotopic (exact) mass is 378 g/mol. The van der Waals surface area contributed by atoms with E-state index in [1.165, 1.54) is 12.1 Å². The van der Waals surface area contributed by atoms with Gasteiger partial charge in [-0.25, -0.2) is 4.98 Å². The molecule has 1 amide bonds. The summed E-state index contributed by atoms with van der Waals surface area (Å²) in [7, 11) is 0. The number of benzene rings is 2. The van der Waals surface area contributed by atoms with E-state index in [1.807, 2.05) is 29.4 Å². The molecule has 0 unspecified atom stereocenters. The molecule has 7 heteroatoms. The lowest BCUT2D eigenvalue weighted by Crippen LogP contribution is -2.40. The van der Waals surface area contributed by atoms with E-state index in [2.05, 4.69) is 15.6 Å². The predicted molar refractivity (Wildman–Crippen MR) is 106 cm³/mol. The summed E-state index contributed by atoms with van der Waals surface area (Å²) in [5.74, 6) is 0.612. The molecular weight excluding hydrogens is 356 g/mol. The number of rotatable bonds is 5. The lowest BCUT2D eigenvalue weighted by Gasteiger charge is -2.32. The Morgan fingerprint density at radius 1 is 1.11 bits per heavy atom. The molecule has 3 aromatic rings. The van der Waals surface area contributed by atoms with E-state index in [9.17, 15) is 14.9 Å². The summed E-state index contributed by atoms with van der Waals surface area (Å²) in [6, 6.07) is 14.3. The molecule has 28 heavy (non-hydrogen) atoms. The molecule has 4 rings (SSSR count). The van der Waals surface area contributed by atoms with Crippen molar-refractivity contribution in [2.75, 3.05) is 13.1 Å². The molecule has 7 nitrogen and oxygen atoms in total. The molecule has 0 spiro atoms. The van der Waals surface area contributed by atoms with Crippen molar-refractivity contribution in [1.29, 1.82) is 0 Å². The van der Waals surface area contributed by atoms with Gasteiger partial charge < -0.3 is 9.47 Å². The highest BCUT2D eigenvalue weighted by molar-refractivity contribution is 5.79. The Labute approximate surface area is 162 Å². The van der Waals surface area contributed by atoms with Crippen LogP contribution in [0.25, 0.3) is 11.0 Å². The van der Waals surface area contributed by atoms with Crippen LogP contribution in [0.2, 0.25) is 0 Å². The van der Waals surface area contributed by atoms with Crippen LogP contribution in [0.15, 0.2) is 54.9 Å². The number of hydrogen-bond donors (Lipinski definition) is 0. The van der Waals surface area contributed by atoms with Gasteiger partial charge in [0.2, 0.25) is 5.91 Å². The van der Waals surface area contributed by atoms with Crippen LogP contribution in [0.3, 0.4) is 0 Å². The number of aromatic nitrogens is 2. The van der Waals surface area contributed by atoms with E-state index in [0.717, 1.165) is 49.1 Å². The van der Waals surface area contributed by atoms with E-state index in [4.69, 9.17) is 0 Å². The summed E-state index contributed by atoms with van der Waals surface area (Å²) in [5, 5.41) is 10.7. The van der Waals surface area contributed by atoms with Crippen LogP contribution >= 0.6 is 0 Å². The normalized spacial score (nSPS) is 15.1. The van der Waals surface area contributed by atoms with E-state index in [0.29, 0.717) is 5.92 Å². The Bertz CT molecular complexity index is 988. The Morgan fingerprint density at radius 3 is 2.54 bits per heavy atom. The molecule has 1 aliphatic rings. The molecule has 0 bridgehead atoms. The van der Waals surface area contributed by atoms with Gasteiger partial charge in [-0.2, -0.15) is 0 Å². The zero-order chi connectivity index (χ0) is 19.5. The van der Waals surface area contributed by atoms with Crippen molar-refractivity contribution in [1.82, 2.24) is 14.5 Å². The summed E-state index contributed by atoms with van der Waals surface area (Å²) >= 11 is 0. The highest BCUT2D eigenvalue weighted by Crippen LogP contribution is 2.22. The number of carbonyl (C=O) groups excluding carboxylic acids is 1. The average Bonchev–Trinajstić information content (AvgIpc) is 3.12. The van der Waals surface area contributed by atoms with Gasteiger partial charge in [-0.1, -0.05) is 24.3 Å². The molecule has 0 aliphatic carbocycles. The maximum atomic E-state index is 12.6. The van der Waals surface area contributed by atoms with Gasteiger partial charge in [0, 0.05) is 31.8 Å². The Morgan fingerprint density at radius 2 is 1.82 bits per heavy atom. The number of imidazole rings is 1. The zero-order valence-electron chi connectivity index (χ0n) is 15.5. The van der Waals surface area contributed by atoms with E-state index < -0.39 is 4.92 Å². The standard InChI is InChI=1S/C21H22N4O3/c26-21(13-16-5-7-18(8-6-16)25(27)28)23-11-9-17(10-12-23)14-24-15-22-19-3-1-2-4-20(19)24/h1-8,15,17H,9-14H2. The molecule has 2 aromatic carbocycles. The summed E-state index contributed by atoms with van der Waals surface area (Å²) in [5.41, 5.74) is 3.02. The first kappa shape index (κ1) is 18.2. The molecule has 1 aliphatic heterocycles. The van der Waals surface area contributed by atoms with Gasteiger partial charge in [0.05, 0.1) is 28.7 Å². The topological polar surface area (TPSA) is 81.3 Å². The molecule has 144 valence electrons. The van der Waals surface area contributed by atoms with Crippen molar-refractivity contribution < 1.29 is 9.72 Å². The number of amides is 1. The highest BCUT2D eigenvalue weighted by atomic mass is 16.6. The van der Waals surface area contributed by atoms with Crippen LogP contribution in [0.4, 0.5) is 5.69 Å². The maximum Gasteiger partial charge on any atom is 0.269 e. The number of fused-ring (bicyclic) bond motifs is 1. The first-order chi connectivity index (χ1) is 13.6. The number of nitro groups is 1. The number of non-ortho nitro benzene ring substituents is 1. The van der Waals surface area contributed by atoms with Crippen LogP contribution < -0.4 is 0 Å². The number of para-hydroxylation sites is 2. The second-order valence-electron chi connectivity index (χ2n) is 7.31. The largest absolute Gasteiger partial charge is 0.342 e. The smallest absolute Gasteiger partial charge is 0.269 e. The number of likely N-dealkylation sites (tertiary alicyclic amines) is 1. The van der Waals surface area contributed by atoms with Gasteiger partial charge in [0.1, 0.15) is 0 Å². The Kier molecular flexibility index (Phi) is 5.06. The summed E-state index contributed by atoms with van der Waals surface area (Å²) in [4.78, 5) is 29.2. The molecule has 2 heterocycles. The van der Waals surface area contributed by atoms with Crippen LogP contribution in [0.5, 0.6) is 0 Å². The SMILES string of the molecule is O=C(Cc1ccc([N+](=O)[O-])cc1)N1CCC(Cn2cnc3ccccc32)CC1. The van der Waals surface area contributed by atoms with Crippen LogP contribution in [-0.4, -0.2) is 38.4 Å². The minimum absolute atomic E-state index is 0.0454. The molecule has 1 fully saturated rings. The van der Waals surface area contributed by atoms with Gasteiger partial charge >= 0.3 is 0 Å². The van der Waals surface area contributed by atoms with E-state index in [1.54, 1.807) is 12.1 Å². The average molecular weight is 378 g/mol. The third-order valence-electron chi connectivity index (χ3n) is 5.45. The van der Waals surface area contributed by atoms with Gasteiger partial charge in [-0.05, 0) is 36.5 Å². The molecule has 0 radical (unpaired) electrons. The Hall–Kier alpha value is -3.22. The third-order valence-corrected chi connectivity index (χ3v) is 5.45. The zero-order valence-corrected chi connectivity index (χ0v) is 15.5. The predicted octanol–water partition coefficient (Wildman–Crippen LogP) is 3.43. The van der Waals surface area contributed by atoms with Crippen LogP contribution in [-0.2, 0) is 17.8 Å². The molecule has 1 aromatic heterocycles. The minimum Gasteiger partial charge on any atom is -0.342 e. The summed E-state index contributed by atoms with van der Waals surface area (Å²) < 4.78 is 2.20.